The fourth-order valence-electron chi connectivity index (χ4n) is 1.32. The number of amides is 3. The minimum Gasteiger partial charge on any atom is -0.451 e. The lowest BCUT2D eigenvalue weighted by molar-refractivity contribution is -0.153. The molecule has 0 aliphatic carbocycles. The number of rotatable bonds is 4. The number of carbonyl (C=O) groups is 4. The Labute approximate surface area is 115 Å². The molecule has 112 valence electrons. The van der Waals surface area contributed by atoms with Gasteiger partial charge in [0.15, 0.2) is 6.10 Å². The number of ether oxygens (including phenoxy) is 2. The van der Waals surface area contributed by atoms with Gasteiger partial charge in [-0.2, -0.15) is 0 Å². The first kappa shape index (κ1) is 15.9. The maximum atomic E-state index is 11.3. The van der Waals surface area contributed by atoms with Crippen molar-refractivity contribution in [1.29, 1.82) is 0 Å². The zero-order valence-electron chi connectivity index (χ0n) is 11.4. The zero-order chi connectivity index (χ0) is 15.3. The third kappa shape index (κ3) is 5.65. The second-order valence-electron chi connectivity index (χ2n) is 5.08. The second-order valence-corrected chi connectivity index (χ2v) is 5.08. The van der Waals surface area contributed by atoms with Crippen LogP contribution in [0.15, 0.2) is 0 Å². The average molecular weight is 287 g/mol. The maximum Gasteiger partial charge on any atom is 0.422 e. The van der Waals surface area contributed by atoms with Crippen molar-refractivity contribution in [2.45, 2.75) is 38.9 Å². The van der Waals surface area contributed by atoms with E-state index in [0.717, 1.165) is 0 Å². The van der Waals surface area contributed by atoms with Crippen LogP contribution in [0.1, 0.15) is 27.2 Å². The number of carbonyl (C=O) groups excluding carboxylic acids is 4. The van der Waals surface area contributed by atoms with E-state index in [-0.39, 0.29) is 13.0 Å². The van der Waals surface area contributed by atoms with Crippen LogP contribution in [0.2, 0.25) is 0 Å². The highest BCUT2D eigenvalue weighted by Gasteiger charge is 2.33. The summed E-state index contributed by atoms with van der Waals surface area (Å²) in [6, 6.07) is 0. The number of esters is 1. The van der Waals surface area contributed by atoms with Crippen molar-refractivity contribution < 1.29 is 28.7 Å². The van der Waals surface area contributed by atoms with Crippen molar-refractivity contribution in [3.05, 3.63) is 0 Å². The van der Waals surface area contributed by atoms with Crippen LogP contribution in [-0.2, 0) is 23.9 Å². The highest BCUT2D eigenvalue weighted by Crippen LogP contribution is 2.07. The lowest BCUT2D eigenvalue weighted by Crippen LogP contribution is -2.44. The van der Waals surface area contributed by atoms with E-state index in [1.165, 1.54) is 0 Å². The molecule has 1 aliphatic heterocycles. The van der Waals surface area contributed by atoms with E-state index in [1.807, 2.05) is 5.32 Å². The molecular weight excluding hydrogens is 270 g/mol. The Hall–Kier alpha value is -2.16. The summed E-state index contributed by atoms with van der Waals surface area (Å²) in [6.07, 6.45) is -2.05. The largest absolute Gasteiger partial charge is 0.451 e. The molecule has 20 heavy (non-hydrogen) atoms. The van der Waals surface area contributed by atoms with Gasteiger partial charge in [0, 0.05) is 0 Å². The van der Waals surface area contributed by atoms with Gasteiger partial charge in [-0.15, -0.1) is 0 Å². The molecule has 1 aliphatic rings. The van der Waals surface area contributed by atoms with Gasteiger partial charge in [-0.05, 0) is 20.8 Å². The van der Waals surface area contributed by atoms with E-state index >= 15 is 0 Å². The molecule has 3 N–H and O–H groups in total. The maximum absolute atomic E-state index is 11.3. The summed E-state index contributed by atoms with van der Waals surface area (Å²) >= 11 is 0. The standard InChI is InChI=1S/C11H17N3O6/c1-11(2,3)20-10(18)14-12-5-8(16)19-6-4-7(15)13-9(6)17/h6,12H,4-5H2,1-3H3,(H,14,18)(H,13,15,17). The molecule has 0 aromatic rings. The fraction of sp³-hybridized carbons (Fsp3) is 0.636. The summed E-state index contributed by atoms with van der Waals surface area (Å²) in [4.78, 5) is 44.6. The first-order chi connectivity index (χ1) is 9.17. The molecule has 0 aromatic carbocycles. The Morgan fingerprint density at radius 1 is 1.35 bits per heavy atom. The molecule has 1 unspecified atom stereocenters. The van der Waals surface area contributed by atoms with Crippen molar-refractivity contribution >= 4 is 23.9 Å². The topological polar surface area (TPSA) is 123 Å². The molecule has 0 radical (unpaired) electrons. The van der Waals surface area contributed by atoms with Gasteiger partial charge in [-0.3, -0.25) is 25.1 Å². The molecular formula is C11H17N3O6. The third-order valence-electron chi connectivity index (χ3n) is 2.02. The lowest BCUT2D eigenvalue weighted by atomic mass is 10.2. The normalized spacial score (nSPS) is 18.4. The van der Waals surface area contributed by atoms with Crippen LogP contribution in [0.4, 0.5) is 4.79 Å². The molecule has 1 rings (SSSR count). The molecule has 1 heterocycles. The van der Waals surface area contributed by atoms with E-state index < -0.39 is 35.6 Å². The average Bonchev–Trinajstić information content (AvgIpc) is 2.54. The van der Waals surface area contributed by atoms with Gasteiger partial charge >= 0.3 is 12.1 Å². The van der Waals surface area contributed by atoms with Crippen LogP contribution in [0.25, 0.3) is 0 Å². The molecule has 3 amide bonds. The third-order valence-corrected chi connectivity index (χ3v) is 2.02. The fourth-order valence-corrected chi connectivity index (χ4v) is 1.32. The van der Waals surface area contributed by atoms with E-state index in [0.29, 0.717) is 0 Å². The summed E-state index contributed by atoms with van der Waals surface area (Å²) in [5.74, 6) is -1.92. The van der Waals surface area contributed by atoms with E-state index in [2.05, 4.69) is 10.9 Å². The molecule has 1 fully saturated rings. The van der Waals surface area contributed by atoms with Gasteiger partial charge in [0.05, 0.1) is 6.42 Å². The van der Waals surface area contributed by atoms with Crippen molar-refractivity contribution in [2.75, 3.05) is 6.54 Å². The van der Waals surface area contributed by atoms with E-state index in [9.17, 15) is 19.2 Å². The quantitative estimate of drug-likeness (QED) is 0.343. The van der Waals surface area contributed by atoms with Crippen molar-refractivity contribution in [2.24, 2.45) is 0 Å². The van der Waals surface area contributed by atoms with Gasteiger partial charge in [0.1, 0.15) is 12.1 Å². The first-order valence-electron chi connectivity index (χ1n) is 5.92. The van der Waals surface area contributed by atoms with E-state index in [4.69, 9.17) is 9.47 Å². The molecule has 9 heteroatoms. The molecule has 1 saturated heterocycles. The number of imide groups is 1. The molecule has 1 atom stereocenters. The SMILES string of the molecule is CC(C)(C)OC(=O)NNCC(=O)OC1CC(=O)NC1=O. The van der Waals surface area contributed by atoms with Crippen LogP contribution in [0, 0.1) is 0 Å². The summed E-state index contributed by atoms with van der Waals surface area (Å²) in [5, 5.41) is 2.01. The molecule has 0 spiro atoms. The van der Waals surface area contributed by atoms with Gasteiger partial charge in [0.25, 0.3) is 5.91 Å². The number of hydrogen-bond acceptors (Lipinski definition) is 7. The highest BCUT2D eigenvalue weighted by molar-refractivity contribution is 6.05. The van der Waals surface area contributed by atoms with Crippen LogP contribution in [0.5, 0.6) is 0 Å². The number of hydrogen-bond donors (Lipinski definition) is 3. The Morgan fingerprint density at radius 3 is 2.50 bits per heavy atom. The van der Waals surface area contributed by atoms with Crippen LogP contribution < -0.4 is 16.2 Å². The monoisotopic (exact) mass is 287 g/mol. The van der Waals surface area contributed by atoms with Gasteiger partial charge in [-0.1, -0.05) is 0 Å². The van der Waals surface area contributed by atoms with Crippen molar-refractivity contribution in [3.8, 4) is 0 Å². The van der Waals surface area contributed by atoms with Gasteiger partial charge in [0.2, 0.25) is 5.91 Å². The summed E-state index contributed by atoms with van der Waals surface area (Å²) in [5.41, 5.74) is 3.77. The summed E-state index contributed by atoms with van der Waals surface area (Å²) in [7, 11) is 0. The predicted octanol–water partition coefficient (Wildman–Crippen LogP) is -1.03. The van der Waals surface area contributed by atoms with Crippen LogP contribution in [0.3, 0.4) is 0 Å². The minimum atomic E-state index is -1.11. The lowest BCUT2D eigenvalue weighted by Gasteiger charge is -2.19. The van der Waals surface area contributed by atoms with Crippen LogP contribution in [-0.4, -0.2) is 42.1 Å². The molecule has 0 bridgehead atoms. The van der Waals surface area contributed by atoms with Crippen molar-refractivity contribution in [1.82, 2.24) is 16.2 Å². The molecule has 9 nitrogen and oxygen atoms in total. The number of nitrogens with one attached hydrogen (secondary N) is 3. The Balaban J connectivity index is 2.22. The van der Waals surface area contributed by atoms with Gasteiger partial charge < -0.3 is 9.47 Å². The predicted molar refractivity (Wildman–Crippen MR) is 65.0 cm³/mol. The second kappa shape index (κ2) is 6.33. The number of hydrazine groups is 1. The Kier molecular flexibility index (Phi) is 5.03. The Morgan fingerprint density at radius 2 is 2.00 bits per heavy atom. The van der Waals surface area contributed by atoms with E-state index in [1.54, 1.807) is 20.8 Å². The van der Waals surface area contributed by atoms with Crippen molar-refractivity contribution in [3.63, 3.8) is 0 Å². The molecule has 0 aromatic heterocycles. The van der Waals surface area contributed by atoms with Gasteiger partial charge in [-0.25, -0.2) is 10.2 Å². The minimum absolute atomic E-state index is 0.190. The smallest absolute Gasteiger partial charge is 0.422 e. The highest BCUT2D eigenvalue weighted by atomic mass is 16.6. The first-order valence-corrected chi connectivity index (χ1v) is 5.92. The summed E-state index contributed by atoms with van der Waals surface area (Å²) < 4.78 is 9.66. The molecule has 0 saturated carbocycles. The summed E-state index contributed by atoms with van der Waals surface area (Å²) in [6.45, 7) is 4.71. The zero-order valence-corrected chi connectivity index (χ0v) is 11.4. The Bertz CT molecular complexity index is 428. The van der Waals surface area contributed by atoms with Crippen LogP contribution >= 0.6 is 0 Å².